The molecule has 0 radical (unpaired) electrons. The predicted molar refractivity (Wildman–Crippen MR) is 120 cm³/mol. The van der Waals surface area contributed by atoms with Crippen molar-refractivity contribution in [1.29, 1.82) is 0 Å². The van der Waals surface area contributed by atoms with Crippen molar-refractivity contribution < 1.29 is 13.9 Å². The van der Waals surface area contributed by atoms with Crippen LogP contribution < -0.4 is 5.32 Å². The molecule has 30 heavy (non-hydrogen) atoms. The van der Waals surface area contributed by atoms with Gasteiger partial charge in [-0.05, 0) is 76.3 Å². The average Bonchev–Trinajstić information content (AvgIpc) is 3.04. The minimum atomic E-state index is -0.267. The fourth-order valence-corrected chi connectivity index (χ4v) is 4.76. The maximum absolute atomic E-state index is 14.1. The van der Waals surface area contributed by atoms with E-state index in [4.69, 9.17) is 4.74 Å². The van der Waals surface area contributed by atoms with Crippen molar-refractivity contribution >= 4 is 16.8 Å². The summed E-state index contributed by atoms with van der Waals surface area (Å²) in [5.41, 5.74) is 2.57. The molecule has 0 aliphatic carbocycles. The Morgan fingerprint density at radius 2 is 2.17 bits per heavy atom. The van der Waals surface area contributed by atoms with E-state index in [2.05, 4.69) is 30.7 Å². The molecule has 5 nitrogen and oxygen atoms in total. The monoisotopic (exact) mass is 417 g/mol. The number of nitrogens with one attached hydrogen (secondary N) is 1. The van der Waals surface area contributed by atoms with Crippen molar-refractivity contribution in [3.05, 3.63) is 35.3 Å². The number of unbranched alkanes of at least 4 members (excludes halogenated alkanes) is 1. The van der Waals surface area contributed by atoms with Crippen LogP contribution in [0.3, 0.4) is 0 Å². The number of hydrogen-bond acceptors (Lipinski definition) is 3. The summed E-state index contributed by atoms with van der Waals surface area (Å²) in [6, 6.07) is 5.18. The number of piperidine rings is 1. The topological polar surface area (TPSA) is 46.5 Å². The number of nitrogens with zero attached hydrogens (tertiary/aromatic N) is 2. The number of carbonyl (C=O) groups is 1. The number of ether oxygens (including phenoxy) is 1. The number of rotatable bonds is 9. The maximum Gasteiger partial charge on any atom is 0.271 e. The van der Waals surface area contributed by atoms with Gasteiger partial charge < -0.3 is 19.5 Å². The van der Waals surface area contributed by atoms with E-state index >= 15 is 0 Å². The second-order valence-corrected chi connectivity index (χ2v) is 8.50. The van der Waals surface area contributed by atoms with Gasteiger partial charge in [0.05, 0.1) is 5.52 Å². The lowest BCUT2D eigenvalue weighted by Gasteiger charge is -2.38. The van der Waals surface area contributed by atoms with Gasteiger partial charge in [-0.15, -0.1) is 0 Å². The summed E-state index contributed by atoms with van der Waals surface area (Å²) in [5, 5.41) is 4.42. The first-order valence-electron chi connectivity index (χ1n) is 11.3. The fourth-order valence-electron chi connectivity index (χ4n) is 4.76. The van der Waals surface area contributed by atoms with Crippen LogP contribution in [0.25, 0.3) is 10.9 Å². The summed E-state index contributed by atoms with van der Waals surface area (Å²) in [7, 11) is 1.70. The lowest BCUT2D eigenvalue weighted by Crippen LogP contribution is -2.52. The van der Waals surface area contributed by atoms with Gasteiger partial charge in [0.15, 0.2) is 0 Å². The van der Waals surface area contributed by atoms with E-state index in [9.17, 15) is 9.18 Å². The number of benzene rings is 1. The molecule has 1 aliphatic rings. The van der Waals surface area contributed by atoms with Gasteiger partial charge in [-0.25, -0.2) is 4.39 Å². The van der Waals surface area contributed by atoms with E-state index in [1.54, 1.807) is 13.2 Å². The minimum absolute atomic E-state index is 0.0684. The highest BCUT2D eigenvalue weighted by Crippen LogP contribution is 2.31. The van der Waals surface area contributed by atoms with Crippen molar-refractivity contribution in [2.75, 3.05) is 26.8 Å². The smallest absolute Gasteiger partial charge is 0.271 e. The average molecular weight is 418 g/mol. The zero-order valence-electron chi connectivity index (χ0n) is 18.8. The molecule has 1 aromatic heterocycles. The van der Waals surface area contributed by atoms with Crippen LogP contribution in [0.1, 0.15) is 62.5 Å². The van der Waals surface area contributed by atoms with Crippen LogP contribution in [0.15, 0.2) is 18.2 Å². The largest absolute Gasteiger partial charge is 0.385 e. The third-order valence-electron chi connectivity index (χ3n) is 6.12. The molecule has 166 valence electrons. The van der Waals surface area contributed by atoms with Gasteiger partial charge >= 0.3 is 0 Å². The second kappa shape index (κ2) is 10.4. The summed E-state index contributed by atoms with van der Waals surface area (Å²) < 4.78 is 21.4. The van der Waals surface area contributed by atoms with E-state index < -0.39 is 0 Å². The molecule has 3 rings (SSSR count). The lowest BCUT2D eigenvalue weighted by molar-refractivity contribution is 0.0561. The number of aryl methyl sites for hydroxylation is 2. The number of carbonyl (C=O) groups excluding carboxylic acids is 1. The van der Waals surface area contributed by atoms with Gasteiger partial charge in [-0.2, -0.15) is 0 Å². The Kier molecular flexibility index (Phi) is 7.89. The fraction of sp³-hybridized carbons (Fsp3) is 0.625. The summed E-state index contributed by atoms with van der Waals surface area (Å²) in [6.07, 6.45) is 4.61. The quantitative estimate of drug-likeness (QED) is 0.616. The van der Waals surface area contributed by atoms with E-state index in [1.165, 1.54) is 6.07 Å². The van der Waals surface area contributed by atoms with Gasteiger partial charge in [0, 0.05) is 44.3 Å². The minimum Gasteiger partial charge on any atom is -0.385 e. The SMILES string of the molecule is CCc1c(C(=O)N(C(C)C)[C@@H]2CCCNC2)n(CCCCOC)c2cc(F)ccc12. The molecular weight excluding hydrogens is 381 g/mol. The van der Waals surface area contributed by atoms with E-state index in [0.29, 0.717) is 13.2 Å². The summed E-state index contributed by atoms with van der Waals surface area (Å²) in [4.78, 5) is 16.0. The summed E-state index contributed by atoms with van der Waals surface area (Å²) in [6.45, 7) is 9.45. The maximum atomic E-state index is 14.1. The highest BCUT2D eigenvalue weighted by Gasteiger charge is 2.32. The molecule has 0 saturated carbocycles. The third kappa shape index (κ3) is 4.70. The molecule has 1 fully saturated rings. The Labute approximate surface area is 179 Å². The first-order chi connectivity index (χ1) is 14.5. The van der Waals surface area contributed by atoms with Gasteiger partial charge in [-0.1, -0.05) is 6.92 Å². The molecule has 0 spiro atoms. The summed E-state index contributed by atoms with van der Waals surface area (Å²) in [5.74, 6) is -0.198. The van der Waals surface area contributed by atoms with E-state index in [-0.39, 0.29) is 23.8 Å². The third-order valence-corrected chi connectivity index (χ3v) is 6.12. The molecule has 0 unspecified atom stereocenters. The van der Waals surface area contributed by atoms with E-state index in [0.717, 1.165) is 67.4 Å². The van der Waals surface area contributed by atoms with Crippen LogP contribution >= 0.6 is 0 Å². The van der Waals surface area contributed by atoms with Crippen molar-refractivity contribution in [1.82, 2.24) is 14.8 Å². The van der Waals surface area contributed by atoms with Crippen molar-refractivity contribution in [2.24, 2.45) is 0 Å². The van der Waals surface area contributed by atoms with E-state index in [1.807, 2.05) is 11.0 Å². The zero-order valence-corrected chi connectivity index (χ0v) is 18.8. The Morgan fingerprint density at radius 1 is 1.37 bits per heavy atom. The molecule has 1 N–H and O–H groups in total. The van der Waals surface area contributed by atoms with Crippen molar-refractivity contribution in [3.63, 3.8) is 0 Å². The first kappa shape index (κ1) is 22.8. The normalized spacial score (nSPS) is 17.1. The Balaban J connectivity index is 2.07. The van der Waals surface area contributed by atoms with Gasteiger partial charge in [0.2, 0.25) is 0 Å². The Bertz CT molecular complexity index is 856. The van der Waals surface area contributed by atoms with Gasteiger partial charge in [0.25, 0.3) is 5.91 Å². The molecule has 1 saturated heterocycles. The number of amides is 1. The zero-order chi connectivity index (χ0) is 21.7. The highest BCUT2D eigenvalue weighted by atomic mass is 19.1. The van der Waals surface area contributed by atoms with Crippen LogP contribution in [-0.2, 0) is 17.7 Å². The Morgan fingerprint density at radius 3 is 2.80 bits per heavy atom. The predicted octanol–water partition coefficient (Wildman–Crippen LogP) is 4.37. The molecule has 6 heteroatoms. The Hall–Kier alpha value is -1.92. The second-order valence-electron chi connectivity index (χ2n) is 8.50. The van der Waals surface area contributed by atoms with Crippen molar-refractivity contribution in [2.45, 2.75) is 71.5 Å². The number of hydrogen-bond donors (Lipinski definition) is 1. The highest BCUT2D eigenvalue weighted by molar-refractivity contribution is 6.02. The van der Waals surface area contributed by atoms with Crippen LogP contribution in [0, 0.1) is 5.82 Å². The molecular formula is C24H36FN3O2. The first-order valence-corrected chi connectivity index (χ1v) is 11.3. The van der Waals surface area contributed by atoms with Crippen LogP contribution in [0.2, 0.25) is 0 Å². The number of aromatic nitrogens is 1. The standard InChI is InChI=1S/C24H36FN3O2/c1-5-20-21-11-10-18(25)15-22(21)27(13-6-7-14-30-4)23(20)24(29)28(17(2)3)19-9-8-12-26-16-19/h10-11,15,17,19,26H,5-9,12-14,16H2,1-4H3/t19-/m1/s1. The van der Waals surface area contributed by atoms with Crippen LogP contribution in [-0.4, -0.2) is 54.3 Å². The number of methoxy groups -OCH3 is 1. The molecule has 2 aromatic rings. The van der Waals surface area contributed by atoms with Gasteiger partial charge in [0.1, 0.15) is 11.5 Å². The molecule has 2 heterocycles. The molecule has 1 aliphatic heterocycles. The van der Waals surface area contributed by atoms with Gasteiger partial charge in [-0.3, -0.25) is 4.79 Å². The van der Waals surface area contributed by atoms with Crippen LogP contribution in [0.5, 0.6) is 0 Å². The molecule has 1 aromatic carbocycles. The van der Waals surface area contributed by atoms with Crippen molar-refractivity contribution in [3.8, 4) is 0 Å². The molecule has 0 bridgehead atoms. The summed E-state index contributed by atoms with van der Waals surface area (Å²) >= 11 is 0. The number of halogens is 1. The lowest BCUT2D eigenvalue weighted by atomic mass is 10.0. The number of fused-ring (bicyclic) bond motifs is 1. The molecule has 1 amide bonds. The van der Waals surface area contributed by atoms with Crippen LogP contribution in [0.4, 0.5) is 4.39 Å². The molecule has 1 atom stereocenters.